The summed E-state index contributed by atoms with van der Waals surface area (Å²) in [6.07, 6.45) is 0. The van der Waals surface area contributed by atoms with Gasteiger partial charge in [0.2, 0.25) is 0 Å². The Morgan fingerprint density at radius 3 is 0.409 bits per heavy atom. The molecule has 0 heterocycles. The van der Waals surface area contributed by atoms with Gasteiger partial charge in [0.25, 0.3) is 0 Å². The molecule has 0 saturated carbocycles. The summed E-state index contributed by atoms with van der Waals surface area (Å²) in [5.74, 6) is -10.9. The molecule has 16 heteroatoms. The predicted molar refractivity (Wildman–Crippen MR) is 47.2 cm³/mol. The molecule has 0 aliphatic carbocycles. The molecule has 6 N–H and O–H groups in total. The van der Waals surface area contributed by atoms with Gasteiger partial charge in [0.1, 0.15) is 0 Å². The molecule has 0 unspecified atom stereocenters. The van der Waals surface area contributed by atoms with E-state index in [-0.39, 0.29) is 0 Å². The Bertz CT molecular complexity index is 307. The van der Waals surface area contributed by atoms with E-state index in [0.29, 0.717) is 0 Å². The molecule has 124 valence electrons. The molecule has 0 spiro atoms. The van der Waals surface area contributed by atoms with E-state index in [1.807, 2.05) is 0 Å². The SMILES string of the molecule is O=C(O)C(=O)O.O=C(O)C(=O)O.O=C(O)C(=O)O.[O]=[V].[O]=[V]. The summed E-state index contributed by atoms with van der Waals surface area (Å²) in [5.41, 5.74) is 0. The van der Waals surface area contributed by atoms with Crippen molar-refractivity contribution in [3.8, 4) is 0 Å². The van der Waals surface area contributed by atoms with Crippen molar-refractivity contribution in [2.75, 3.05) is 0 Å². The van der Waals surface area contributed by atoms with Crippen LogP contribution in [0.2, 0.25) is 0 Å². The van der Waals surface area contributed by atoms with Crippen molar-refractivity contribution in [2.45, 2.75) is 0 Å². The second kappa shape index (κ2) is 23.7. The molecule has 0 amide bonds. The number of carboxylic acid groups (broad SMARTS) is 6. The van der Waals surface area contributed by atoms with Crippen molar-refractivity contribution in [3.05, 3.63) is 0 Å². The molecule has 0 aromatic rings. The molecule has 0 fully saturated rings. The van der Waals surface area contributed by atoms with Crippen LogP contribution in [0, 0.1) is 0 Å². The van der Waals surface area contributed by atoms with Crippen LogP contribution in [0.4, 0.5) is 0 Å². The summed E-state index contributed by atoms with van der Waals surface area (Å²) in [7, 11) is 0. The van der Waals surface area contributed by atoms with Gasteiger partial charge in [-0.3, -0.25) is 0 Å². The standard InChI is InChI=1S/3C2H2O4.2O.2V/c3*3-1(4)2(5)6;;;;/h3*(H,3,4)(H,5,6);;;;. The van der Waals surface area contributed by atoms with Crippen LogP contribution < -0.4 is 0 Å². The van der Waals surface area contributed by atoms with E-state index >= 15 is 0 Å². The molecule has 0 aromatic carbocycles. The number of rotatable bonds is 0. The van der Waals surface area contributed by atoms with E-state index in [9.17, 15) is 0 Å². The summed E-state index contributed by atoms with van der Waals surface area (Å²) < 4.78 is 16.4. The van der Waals surface area contributed by atoms with Crippen LogP contribution in [-0.2, 0) is 70.9 Å². The monoisotopic (exact) mass is 404 g/mol. The third-order valence-electron chi connectivity index (χ3n) is 0.549. The van der Waals surface area contributed by atoms with Crippen molar-refractivity contribution in [1.29, 1.82) is 0 Å². The number of hydrogen-bond donors (Lipinski definition) is 6. The zero-order chi connectivity index (χ0) is 19.5. The fourth-order valence-electron chi connectivity index (χ4n) is 0. The third-order valence-corrected chi connectivity index (χ3v) is 0.549. The van der Waals surface area contributed by atoms with Gasteiger partial charge in [0.05, 0.1) is 0 Å². The Balaban J connectivity index is -0.0000000588. The Hall–Kier alpha value is -2.41. The van der Waals surface area contributed by atoms with E-state index in [1.165, 1.54) is 0 Å². The van der Waals surface area contributed by atoms with Gasteiger partial charge in [-0.25, -0.2) is 28.8 Å². The number of aliphatic carboxylic acids is 6. The molecular formula is C6H6O14V2. The van der Waals surface area contributed by atoms with Gasteiger partial charge in [0, 0.05) is 0 Å². The first kappa shape index (κ1) is 31.8. The first-order valence-corrected chi connectivity index (χ1v) is 4.82. The molecule has 0 aliphatic rings. The quantitative estimate of drug-likeness (QED) is 0.223. The average Bonchev–Trinajstić information content (AvgIpc) is 2.44. The van der Waals surface area contributed by atoms with Gasteiger partial charge in [-0.15, -0.1) is 0 Å². The van der Waals surface area contributed by atoms with Gasteiger partial charge in [-0.2, -0.15) is 0 Å². The molecule has 0 aliphatic heterocycles. The van der Waals surface area contributed by atoms with Crippen LogP contribution in [0.25, 0.3) is 0 Å². The molecule has 0 radical (unpaired) electrons. The van der Waals surface area contributed by atoms with E-state index in [2.05, 4.69) is 0 Å². The van der Waals surface area contributed by atoms with Crippen molar-refractivity contribution in [1.82, 2.24) is 0 Å². The van der Waals surface area contributed by atoms with Gasteiger partial charge < -0.3 is 30.6 Å². The maximum absolute atomic E-state index is 9.10. The zero-order valence-corrected chi connectivity index (χ0v) is 12.6. The van der Waals surface area contributed by atoms with E-state index in [0.717, 1.165) is 34.7 Å². The first-order chi connectivity index (χ1) is 9.93. The fraction of sp³-hybridized carbons (Fsp3) is 0. The zero-order valence-electron chi connectivity index (χ0n) is 9.84. The third kappa shape index (κ3) is 52.6. The van der Waals surface area contributed by atoms with Crippen LogP contribution >= 0.6 is 0 Å². The topological polar surface area (TPSA) is 258 Å². The fourth-order valence-corrected chi connectivity index (χ4v) is 0. The minimum atomic E-state index is -1.82. The Labute approximate surface area is 137 Å². The first-order valence-electron chi connectivity index (χ1n) is 3.68. The number of carboxylic acids is 6. The molecule has 0 rings (SSSR count). The van der Waals surface area contributed by atoms with Crippen molar-refractivity contribution in [3.63, 3.8) is 0 Å². The average molecular weight is 404 g/mol. The van der Waals surface area contributed by atoms with Crippen molar-refractivity contribution >= 4 is 35.8 Å². The van der Waals surface area contributed by atoms with Crippen molar-refractivity contribution < 1.29 is 101 Å². The maximum atomic E-state index is 9.10. The summed E-state index contributed by atoms with van der Waals surface area (Å²) >= 11 is 2.12. The summed E-state index contributed by atoms with van der Waals surface area (Å²) in [5, 5.41) is 44.3. The van der Waals surface area contributed by atoms with Crippen LogP contribution in [0.5, 0.6) is 0 Å². The molecule has 14 nitrogen and oxygen atoms in total. The van der Waals surface area contributed by atoms with Crippen molar-refractivity contribution in [2.24, 2.45) is 0 Å². The molecule has 0 aromatic heterocycles. The normalized spacial score (nSPS) is 6.27. The number of carbonyl (C=O) groups is 6. The predicted octanol–water partition coefficient (Wildman–Crippen LogP) is -2.78. The van der Waals surface area contributed by atoms with Gasteiger partial charge >= 0.3 is 77.9 Å². The summed E-state index contributed by atoms with van der Waals surface area (Å²) in [4.78, 5) is 54.6. The van der Waals surface area contributed by atoms with E-state index in [1.54, 1.807) is 0 Å². The molecule has 0 bridgehead atoms. The van der Waals surface area contributed by atoms with Gasteiger partial charge in [-0.1, -0.05) is 0 Å². The van der Waals surface area contributed by atoms with Crippen LogP contribution in [0.3, 0.4) is 0 Å². The number of hydrogen-bond acceptors (Lipinski definition) is 8. The van der Waals surface area contributed by atoms with Gasteiger partial charge in [-0.05, 0) is 0 Å². The molecule has 0 atom stereocenters. The minimum absolute atomic E-state index is 1.06. The molecule has 0 saturated heterocycles. The Kier molecular flexibility index (Phi) is 34.2. The molecule has 22 heavy (non-hydrogen) atoms. The summed E-state index contributed by atoms with van der Waals surface area (Å²) in [6, 6.07) is 0. The van der Waals surface area contributed by atoms with Gasteiger partial charge in [0.15, 0.2) is 0 Å². The van der Waals surface area contributed by atoms with Crippen LogP contribution in [0.15, 0.2) is 0 Å². The summed E-state index contributed by atoms with van der Waals surface area (Å²) in [6.45, 7) is 0. The van der Waals surface area contributed by atoms with Crippen LogP contribution in [0.1, 0.15) is 0 Å². The van der Waals surface area contributed by atoms with E-state index < -0.39 is 35.8 Å². The second-order valence-electron chi connectivity index (χ2n) is 1.83. The van der Waals surface area contributed by atoms with Crippen LogP contribution in [-0.4, -0.2) is 66.5 Å². The Morgan fingerprint density at radius 2 is 0.409 bits per heavy atom. The van der Waals surface area contributed by atoms with E-state index in [4.69, 9.17) is 66.8 Å². The Morgan fingerprint density at radius 1 is 0.364 bits per heavy atom. The second-order valence-corrected chi connectivity index (χ2v) is 1.83. The molecular weight excluding hydrogens is 398 g/mol.